The summed E-state index contributed by atoms with van der Waals surface area (Å²) in [5.74, 6) is 1.46. The summed E-state index contributed by atoms with van der Waals surface area (Å²) >= 11 is 1.34. The van der Waals surface area contributed by atoms with Crippen LogP contribution < -0.4 is 10.3 Å². The highest BCUT2D eigenvalue weighted by Crippen LogP contribution is 2.27. The van der Waals surface area contributed by atoms with Crippen molar-refractivity contribution in [2.45, 2.75) is 19.0 Å². The molecule has 3 aromatic rings. The van der Waals surface area contributed by atoms with Crippen molar-refractivity contribution in [3.05, 3.63) is 34.6 Å². The predicted octanol–water partition coefficient (Wildman–Crippen LogP) is 2.53. The molecule has 3 rings (SSSR count). The number of aromatic amines is 1. The Bertz CT molecular complexity index is 926. The molecule has 7 nitrogen and oxygen atoms in total. The second kappa shape index (κ2) is 6.96. The van der Waals surface area contributed by atoms with Gasteiger partial charge in [0.15, 0.2) is 11.2 Å². The normalized spacial score (nSPS) is 11.2. The zero-order valence-corrected chi connectivity index (χ0v) is 14.4. The van der Waals surface area contributed by atoms with Crippen molar-refractivity contribution in [2.24, 2.45) is 5.92 Å². The van der Waals surface area contributed by atoms with Gasteiger partial charge in [0.2, 0.25) is 5.16 Å². The second-order valence-corrected chi connectivity index (χ2v) is 6.36. The summed E-state index contributed by atoms with van der Waals surface area (Å²) in [6, 6.07) is 7.46. The lowest BCUT2D eigenvalue weighted by Gasteiger charge is -2.12. The molecule has 1 N–H and O–H groups in total. The minimum atomic E-state index is -0.374. The predicted molar refractivity (Wildman–Crippen MR) is 93.3 cm³/mol. The number of thioether (sulfide) groups is 1. The summed E-state index contributed by atoms with van der Waals surface area (Å²) in [4.78, 5) is 23.7. The number of H-pyrrole nitrogens is 1. The van der Waals surface area contributed by atoms with E-state index in [4.69, 9.17) is 4.74 Å². The van der Waals surface area contributed by atoms with Crippen LogP contribution in [0.4, 0.5) is 0 Å². The van der Waals surface area contributed by atoms with E-state index in [0.717, 1.165) is 0 Å². The van der Waals surface area contributed by atoms with Crippen molar-refractivity contribution in [1.29, 1.82) is 0 Å². The zero-order valence-electron chi connectivity index (χ0n) is 13.6. The minimum Gasteiger partial charge on any atom is -0.493 e. The molecule has 0 fully saturated rings. The standard InChI is InChI=1S/C16H17N5O2S/c1-9(2)8-23-11-7-5-4-6-10(11)13-17-14-12(15(22)18-13)20-21-16(19-14)24-3/h4-7,9H,8H2,1-3H3,(H,17,18,19,21,22). The lowest BCUT2D eigenvalue weighted by Crippen LogP contribution is -2.14. The third kappa shape index (κ3) is 3.38. The molecular formula is C16H17N5O2S. The van der Waals surface area contributed by atoms with Gasteiger partial charge in [-0.25, -0.2) is 4.98 Å². The summed E-state index contributed by atoms with van der Waals surface area (Å²) in [6.07, 6.45) is 1.84. The molecule has 0 aliphatic heterocycles. The number of hydrogen-bond donors (Lipinski definition) is 1. The highest BCUT2D eigenvalue weighted by atomic mass is 32.2. The van der Waals surface area contributed by atoms with E-state index in [-0.39, 0.29) is 16.7 Å². The number of nitrogens with zero attached hydrogens (tertiary/aromatic N) is 4. The number of nitrogens with one attached hydrogen (secondary N) is 1. The lowest BCUT2D eigenvalue weighted by atomic mass is 10.2. The molecular weight excluding hydrogens is 326 g/mol. The molecule has 2 aromatic heterocycles. The van der Waals surface area contributed by atoms with Gasteiger partial charge in [0, 0.05) is 0 Å². The van der Waals surface area contributed by atoms with Gasteiger partial charge < -0.3 is 9.72 Å². The third-order valence-corrected chi connectivity index (χ3v) is 3.75. The first kappa shape index (κ1) is 16.4. The van der Waals surface area contributed by atoms with Gasteiger partial charge in [-0.3, -0.25) is 4.79 Å². The fourth-order valence-electron chi connectivity index (χ4n) is 2.09. The van der Waals surface area contributed by atoms with E-state index in [9.17, 15) is 4.79 Å². The first-order chi connectivity index (χ1) is 11.6. The van der Waals surface area contributed by atoms with E-state index >= 15 is 0 Å². The third-order valence-electron chi connectivity index (χ3n) is 3.21. The molecule has 0 unspecified atom stereocenters. The Morgan fingerprint density at radius 3 is 2.75 bits per heavy atom. The number of benzene rings is 1. The fraction of sp³-hybridized carbons (Fsp3) is 0.312. The number of rotatable bonds is 5. The van der Waals surface area contributed by atoms with Crippen molar-refractivity contribution < 1.29 is 4.74 Å². The Kier molecular flexibility index (Phi) is 4.75. The van der Waals surface area contributed by atoms with Crippen LogP contribution in [0.25, 0.3) is 22.6 Å². The number of hydrogen-bond acceptors (Lipinski definition) is 7. The number of fused-ring (bicyclic) bond motifs is 1. The molecule has 0 aliphatic rings. The summed E-state index contributed by atoms with van der Waals surface area (Å²) < 4.78 is 5.84. The van der Waals surface area contributed by atoms with E-state index in [1.54, 1.807) is 0 Å². The van der Waals surface area contributed by atoms with Crippen LogP contribution in [0, 0.1) is 5.92 Å². The van der Waals surface area contributed by atoms with Crippen LogP contribution in [0.3, 0.4) is 0 Å². The monoisotopic (exact) mass is 343 g/mol. The molecule has 0 saturated heterocycles. The summed E-state index contributed by atoms with van der Waals surface area (Å²) in [5, 5.41) is 8.24. The lowest BCUT2D eigenvalue weighted by molar-refractivity contribution is 0.272. The maximum Gasteiger partial charge on any atom is 0.281 e. The SMILES string of the molecule is CSc1nnc2c(=O)[nH]c(-c3ccccc3OCC(C)C)nc2n1. The maximum absolute atomic E-state index is 12.3. The molecule has 124 valence electrons. The van der Waals surface area contributed by atoms with Gasteiger partial charge in [-0.05, 0) is 24.3 Å². The molecule has 0 aliphatic carbocycles. The van der Waals surface area contributed by atoms with Gasteiger partial charge in [0.05, 0.1) is 12.2 Å². The van der Waals surface area contributed by atoms with E-state index in [2.05, 4.69) is 39.0 Å². The molecule has 24 heavy (non-hydrogen) atoms. The van der Waals surface area contributed by atoms with Crippen LogP contribution in [-0.2, 0) is 0 Å². The van der Waals surface area contributed by atoms with Gasteiger partial charge >= 0.3 is 0 Å². The largest absolute Gasteiger partial charge is 0.493 e. The number of ether oxygens (including phenoxy) is 1. The Hall–Kier alpha value is -2.48. The van der Waals surface area contributed by atoms with Gasteiger partial charge in [0.1, 0.15) is 11.6 Å². The Morgan fingerprint density at radius 1 is 1.21 bits per heavy atom. The average Bonchev–Trinajstić information content (AvgIpc) is 2.59. The average molecular weight is 343 g/mol. The van der Waals surface area contributed by atoms with Crippen LogP contribution in [-0.4, -0.2) is 38.0 Å². The smallest absolute Gasteiger partial charge is 0.281 e. The summed E-state index contributed by atoms with van der Waals surface area (Å²) in [5.41, 5.74) is 0.728. The van der Waals surface area contributed by atoms with Gasteiger partial charge in [0.25, 0.3) is 5.56 Å². The van der Waals surface area contributed by atoms with E-state index in [0.29, 0.717) is 34.8 Å². The molecule has 0 spiro atoms. The molecule has 8 heteroatoms. The number of para-hydroxylation sites is 1. The quantitative estimate of drug-likeness (QED) is 0.711. The first-order valence-electron chi connectivity index (χ1n) is 7.49. The molecule has 0 radical (unpaired) electrons. The summed E-state index contributed by atoms with van der Waals surface area (Å²) in [7, 11) is 0. The summed E-state index contributed by atoms with van der Waals surface area (Å²) in [6.45, 7) is 4.73. The van der Waals surface area contributed by atoms with Crippen LogP contribution in [0.15, 0.2) is 34.2 Å². The Balaban J connectivity index is 2.11. The van der Waals surface area contributed by atoms with Gasteiger partial charge in [-0.1, -0.05) is 37.7 Å². The molecule has 0 atom stereocenters. The van der Waals surface area contributed by atoms with Crippen LogP contribution in [0.1, 0.15) is 13.8 Å². The topological polar surface area (TPSA) is 93.7 Å². The van der Waals surface area contributed by atoms with Gasteiger partial charge in [-0.15, -0.1) is 10.2 Å². The maximum atomic E-state index is 12.3. The highest BCUT2D eigenvalue weighted by Gasteiger charge is 2.13. The van der Waals surface area contributed by atoms with E-state index < -0.39 is 0 Å². The zero-order chi connectivity index (χ0) is 17.1. The van der Waals surface area contributed by atoms with E-state index in [1.807, 2.05) is 30.5 Å². The van der Waals surface area contributed by atoms with Crippen LogP contribution in [0.2, 0.25) is 0 Å². The fourth-order valence-corrected chi connectivity index (χ4v) is 2.39. The molecule has 0 bridgehead atoms. The van der Waals surface area contributed by atoms with Crippen molar-refractivity contribution >= 4 is 22.9 Å². The molecule has 2 heterocycles. The van der Waals surface area contributed by atoms with Crippen molar-refractivity contribution in [3.63, 3.8) is 0 Å². The Labute approximate surface area is 142 Å². The van der Waals surface area contributed by atoms with Crippen molar-refractivity contribution in [1.82, 2.24) is 25.1 Å². The number of aromatic nitrogens is 5. The Morgan fingerprint density at radius 2 is 2.00 bits per heavy atom. The van der Waals surface area contributed by atoms with Crippen molar-refractivity contribution in [2.75, 3.05) is 12.9 Å². The molecule has 0 saturated carbocycles. The molecule has 1 aromatic carbocycles. The highest BCUT2D eigenvalue weighted by molar-refractivity contribution is 7.98. The van der Waals surface area contributed by atoms with Crippen LogP contribution >= 0.6 is 11.8 Å². The minimum absolute atomic E-state index is 0.122. The second-order valence-electron chi connectivity index (χ2n) is 5.59. The molecule has 0 amide bonds. The van der Waals surface area contributed by atoms with Crippen LogP contribution in [0.5, 0.6) is 5.75 Å². The van der Waals surface area contributed by atoms with E-state index in [1.165, 1.54) is 11.8 Å². The first-order valence-corrected chi connectivity index (χ1v) is 8.72. The van der Waals surface area contributed by atoms with Crippen molar-refractivity contribution in [3.8, 4) is 17.1 Å². The van der Waals surface area contributed by atoms with Gasteiger partial charge in [-0.2, -0.15) is 4.98 Å².